The maximum Gasteiger partial charge on any atom is 0.264 e. The summed E-state index contributed by atoms with van der Waals surface area (Å²) in [4.78, 5) is 24.1. The molecule has 0 bridgehead atoms. The second-order valence-corrected chi connectivity index (χ2v) is 5.29. The molecule has 1 amide bonds. The van der Waals surface area contributed by atoms with Crippen molar-refractivity contribution in [3.63, 3.8) is 0 Å². The van der Waals surface area contributed by atoms with Crippen LogP contribution in [0.3, 0.4) is 0 Å². The van der Waals surface area contributed by atoms with Crippen LogP contribution in [0.15, 0.2) is 29.8 Å². The van der Waals surface area contributed by atoms with Crippen molar-refractivity contribution in [3.8, 4) is 5.69 Å². The first-order valence-corrected chi connectivity index (χ1v) is 6.60. The lowest BCUT2D eigenvalue weighted by molar-refractivity contribution is -0.117. The molecule has 0 fully saturated rings. The monoisotopic (exact) mass is 260 g/mol. The van der Waals surface area contributed by atoms with Crippen LogP contribution in [-0.4, -0.2) is 16.3 Å². The van der Waals surface area contributed by atoms with Gasteiger partial charge in [0, 0.05) is 18.3 Å². The molecule has 0 aromatic carbocycles. The lowest BCUT2D eigenvalue weighted by Gasteiger charge is -2.15. The number of hydrogen-bond acceptors (Lipinski definition) is 3. The van der Waals surface area contributed by atoms with Gasteiger partial charge >= 0.3 is 0 Å². The molecule has 5 heteroatoms. The molecule has 4 nitrogen and oxygen atoms in total. The molecule has 1 aliphatic heterocycles. The first kappa shape index (κ1) is 11.2. The van der Waals surface area contributed by atoms with Crippen molar-refractivity contribution in [2.45, 2.75) is 19.4 Å². The average Bonchev–Trinajstić information content (AvgIpc) is 2.94. The van der Waals surface area contributed by atoms with Crippen molar-refractivity contribution in [2.24, 2.45) is 0 Å². The largest absolute Gasteiger partial charge is 0.343 e. The van der Waals surface area contributed by atoms with Gasteiger partial charge in [-0.1, -0.05) is 0 Å². The number of aromatic nitrogens is 1. The number of carbonyl (C=O) groups excluding carboxylic acids is 2. The van der Waals surface area contributed by atoms with Crippen molar-refractivity contribution < 1.29 is 9.59 Å². The lowest BCUT2D eigenvalue weighted by atomic mass is 10.1. The van der Waals surface area contributed by atoms with Crippen LogP contribution in [0.1, 0.15) is 34.8 Å². The second kappa shape index (κ2) is 4.10. The standard InChI is InChI=1S/C13H12N2O2S/c1-8(16)7-9-10-3-2-5-15(10)11-4-6-18-12(11)13(17)14-9/h2-6,9H,7H2,1H3,(H,14,17). The van der Waals surface area contributed by atoms with Crippen molar-refractivity contribution in [2.75, 3.05) is 0 Å². The summed E-state index contributed by atoms with van der Waals surface area (Å²) in [5, 5.41) is 4.83. The molecule has 3 heterocycles. The Kier molecular flexibility index (Phi) is 2.56. The first-order chi connectivity index (χ1) is 8.66. The van der Waals surface area contributed by atoms with Crippen LogP contribution in [-0.2, 0) is 4.79 Å². The maximum atomic E-state index is 12.1. The zero-order valence-corrected chi connectivity index (χ0v) is 10.7. The first-order valence-electron chi connectivity index (χ1n) is 5.72. The van der Waals surface area contributed by atoms with Crippen molar-refractivity contribution in [1.29, 1.82) is 0 Å². The lowest BCUT2D eigenvalue weighted by Crippen LogP contribution is -2.28. The van der Waals surface area contributed by atoms with Gasteiger partial charge in [0.2, 0.25) is 0 Å². The normalized spacial score (nSPS) is 17.6. The number of fused-ring (bicyclic) bond motifs is 3. The molecule has 3 rings (SSSR count). The molecular weight excluding hydrogens is 248 g/mol. The molecule has 0 spiro atoms. The zero-order valence-electron chi connectivity index (χ0n) is 9.84. The third-order valence-corrected chi connectivity index (χ3v) is 3.95. The van der Waals surface area contributed by atoms with E-state index in [1.807, 2.05) is 34.3 Å². The zero-order chi connectivity index (χ0) is 12.7. The molecule has 18 heavy (non-hydrogen) atoms. The summed E-state index contributed by atoms with van der Waals surface area (Å²) in [6, 6.07) is 5.56. The molecule has 0 saturated carbocycles. The van der Waals surface area contributed by atoms with Crippen LogP contribution in [0.4, 0.5) is 0 Å². The summed E-state index contributed by atoms with van der Waals surface area (Å²) in [6.45, 7) is 1.54. The minimum atomic E-state index is -0.246. The molecule has 2 aromatic heterocycles. The SMILES string of the molecule is CC(=O)CC1NC(=O)c2sccc2-n2cccc21. The third kappa shape index (κ3) is 1.67. The Morgan fingerprint density at radius 1 is 1.50 bits per heavy atom. The minimum absolute atomic E-state index is 0.0679. The molecule has 0 saturated heterocycles. The van der Waals surface area contributed by atoms with Crippen molar-refractivity contribution >= 4 is 23.0 Å². The number of Topliss-reactive ketones (excluding diaryl/α,β-unsaturated/α-hetero) is 1. The van der Waals surface area contributed by atoms with Gasteiger partial charge in [-0.15, -0.1) is 11.3 Å². The van der Waals surface area contributed by atoms with E-state index in [2.05, 4.69) is 5.32 Å². The number of nitrogens with zero attached hydrogens (tertiary/aromatic N) is 1. The van der Waals surface area contributed by atoms with Gasteiger partial charge in [0.15, 0.2) is 0 Å². The highest BCUT2D eigenvalue weighted by Gasteiger charge is 2.27. The van der Waals surface area contributed by atoms with Gasteiger partial charge in [-0.25, -0.2) is 0 Å². The Labute approximate surface area is 108 Å². The van der Waals surface area contributed by atoms with Crippen molar-refractivity contribution in [1.82, 2.24) is 9.88 Å². The predicted octanol–water partition coefficient (Wildman–Crippen LogP) is 2.30. The fraction of sp³-hybridized carbons (Fsp3) is 0.231. The van der Waals surface area contributed by atoms with Crippen LogP contribution in [0.5, 0.6) is 0 Å². The Morgan fingerprint density at radius 3 is 3.11 bits per heavy atom. The van der Waals surface area contributed by atoms with E-state index in [9.17, 15) is 9.59 Å². The van der Waals surface area contributed by atoms with Crippen LogP contribution in [0.25, 0.3) is 5.69 Å². The number of ketones is 1. The van der Waals surface area contributed by atoms with E-state index in [0.717, 1.165) is 11.4 Å². The highest BCUT2D eigenvalue weighted by atomic mass is 32.1. The van der Waals surface area contributed by atoms with Gasteiger partial charge in [-0.3, -0.25) is 9.59 Å². The number of thiophene rings is 1. The summed E-state index contributed by atoms with van der Waals surface area (Å²) in [5.74, 6) is -0.0340. The van der Waals surface area contributed by atoms with Gasteiger partial charge in [0.05, 0.1) is 11.7 Å². The smallest absolute Gasteiger partial charge is 0.264 e. The van der Waals surface area contributed by atoms with E-state index >= 15 is 0 Å². The minimum Gasteiger partial charge on any atom is -0.343 e. The number of rotatable bonds is 2. The number of carbonyl (C=O) groups is 2. The second-order valence-electron chi connectivity index (χ2n) is 4.37. The van der Waals surface area contributed by atoms with Gasteiger partial charge in [0.1, 0.15) is 10.7 Å². The van der Waals surface area contributed by atoms with Crippen LogP contribution in [0.2, 0.25) is 0 Å². The van der Waals surface area contributed by atoms with Gasteiger partial charge < -0.3 is 9.88 Å². The molecule has 1 N–H and O–H groups in total. The summed E-state index contributed by atoms with van der Waals surface area (Å²) in [5.41, 5.74) is 1.85. The third-order valence-electron chi connectivity index (χ3n) is 3.04. The topological polar surface area (TPSA) is 51.1 Å². The fourth-order valence-corrected chi connectivity index (χ4v) is 3.09. The van der Waals surface area contributed by atoms with Gasteiger partial charge in [-0.05, 0) is 30.5 Å². The van der Waals surface area contributed by atoms with E-state index < -0.39 is 0 Å². The Bertz CT molecular complexity index is 626. The number of nitrogens with one attached hydrogen (secondary N) is 1. The highest BCUT2D eigenvalue weighted by Crippen LogP contribution is 2.30. The molecule has 1 atom stereocenters. The molecule has 1 aliphatic rings. The van der Waals surface area contributed by atoms with Crippen LogP contribution >= 0.6 is 11.3 Å². The van der Waals surface area contributed by atoms with Gasteiger partial charge in [0.25, 0.3) is 5.91 Å². The Balaban J connectivity index is 2.13. The molecule has 1 unspecified atom stereocenters. The molecule has 0 aliphatic carbocycles. The maximum absolute atomic E-state index is 12.1. The summed E-state index contributed by atoms with van der Waals surface area (Å²) >= 11 is 1.42. The van der Waals surface area contributed by atoms with Crippen molar-refractivity contribution in [3.05, 3.63) is 40.3 Å². The number of hydrogen-bond donors (Lipinski definition) is 1. The fourth-order valence-electron chi connectivity index (χ4n) is 2.30. The van der Waals surface area contributed by atoms with Gasteiger partial charge in [-0.2, -0.15) is 0 Å². The number of amides is 1. The van der Waals surface area contributed by atoms with E-state index in [-0.39, 0.29) is 17.7 Å². The quantitative estimate of drug-likeness (QED) is 0.900. The van der Waals surface area contributed by atoms with Crippen LogP contribution in [0, 0.1) is 0 Å². The summed E-state index contributed by atoms with van der Waals surface area (Å²) < 4.78 is 1.98. The predicted molar refractivity (Wildman–Crippen MR) is 69.2 cm³/mol. The molecule has 0 radical (unpaired) electrons. The van der Waals surface area contributed by atoms with E-state index in [4.69, 9.17) is 0 Å². The summed E-state index contributed by atoms with van der Waals surface area (Å²) in [7, 11) is 0. The molecule has 2 aromatic rings. The molecule has 92 valence electrons. The molecular formula is C13H12N2O2S. The van der Waals surface area contributed by atoms with Crippen LogP contribution < -0.4 is 5.32 Å². The Morgan fingerprint density at radius 2 is 2.33 bits per heavy atom. The van der Waals surface area contributed by atoms with E-state index in [1.54, 1.807) is 6.92 Å². The Hall–Kier alpha value is -1.88. The van der Waals surface area contributed by atoms with E-state index in [0.29, 0.717) is 11.3 Å². The summed E-state index contributed by atoms with van der Waals surface area (Å²) in [6.07, 6.45) is 2.25. The average molecular weight is 260 g/mol. The van der Waals surface area contributed by atoms with E-state index in [1.165, 1.54) is 11.3 Å². The highest BCUT2D eigenvalue weighted by molar-refractivity contribution is 7.12.